The molecule has 1 aromatic rings. The van der Waals surface area contributed by atoms with Crippen LogP contribution in [0.5, 0.6) is 0 Å². The summed E-state index contributed by atoms with van der Waals surface area (Å²) in [5.74, 6) is 0. The Morgan fingerprint density at radius 1 is 1.30 bits per heavy atom. The highest BCUT2D eigenvalue weighted by atomic mass is 127. The zero-order valence-electron chi connectivity index (χ0n) is 5.13. The Bertz CT molecular complexity index is 176. The first-order valence-electron chi connectivity index (χ1n) is 2.55. The Kier molecular flexibility index (Phi) is 7.28. The van der Waals surface area contributed by atoms with Crippen LogP contribution in [0, 0.1) is 3.57 Å². The van der Waals surface area contributed by atoms with Gasteiger partial charge in [-0.05, 0) is 50.7 Å². The van der Waals surface area contributed by atoms with Gasteiger partial charge in [-0.1, -0.05) is 18.2 Å². The summed E-state index contributed by atoms with van der Waals surface area (Å²) in [5, 5.41) is 0.562. The van der Waals surface area contributed by atoms with Crippen LogP contribution >= 0.6 is 38.5 Å². The van der Waals surface area contributed by atoms with E-state index in [2.05, 4.69) is 50.7 Å². The Hall–Kier alpha value is 0.1000. The van der Waals surface area contributed by atoms with Crippen LogP contribution in [0.4, 0.5) is 0 Å². The molecule has 0 heterocycles. The average molecular weight is 313 g/mol. The lowest BCUT2D eigenvalue weighted by molar-refractivity contribution is 0.571. The molecule has 0 aliphatic rings. The van der Waals surface area contributed by atoms with Crippen LogP contribution in [0.15, 0.2) is 30.3 Å². The SMILES string of the molecule is Ic1ccccc1.O=CBr. The molecule has 1 rings (SSSR count). The fourth-order valence-electron chi connectivity index (χ4n) is 0.415. The Balaban J connectivity index is 0.000000236. The van der Waals surface area contributed by atoms with Gasteiger partial charge in [-0.3, -0.25) is 4.79 Å². The summed E-state index contributed by atoms with van der Waals surface area (Å²) >= 11 is 4.75. The molecular formula is C7H6BrIO. The fourth-order valence-corrected chi connectivity index (χ4v) is 0.830. The average Bonchev–Trinajstić information content (AvgIpc) is 1.91. The smallest absolute Gasteiger partial charge is 0.185 e. The van der Waals surface area contributed by atoms with Crippen molar-refractivity contribution in [2.45, 2.75) is 0 Å². The van der Waals surface area contributed by atoms with Gasteiger partial charge >= 0.3 is 0 Å². The van der Waals surface area contributed by atoms with Gasteiger partial charge < -0.3 is 0 Å². The summed E-state index contributed by atoms with van der Waals surface area (Å²) in [5.41, 5.74) is 0. The quantitative estimate of drug-likeness (QED) is 0.409. The molecule has 3 heteroatoms. The first-order valence-corrected chi connectivity index (χ1v) is 4.55. The molecule has 0 saturated heterocycles. The summed E-state index contributed by atoms with van der Waals surface area (Å²) in [6.07, 6.45) is 0. The summed E-state index contributed by atoms with van der Waals surface area (Å²) in [6.45, 7) is 0. The third-order valence-corrected chi connectivity index (χ3v) is 1.45. The molecule has 0 spiro atoms. The second kappa shape index (κ2) is 7.21. The van der Waals surface area contributed by atoms with Crippen molar-refractivity contribution >= 4 is 43.7 Å². The molecule has 0 amide bonds. The topological polar surface area (TPSA) is 17.1 Å². The van der Waals surface area contributed by atoms with Gasteiger partial charge in [0.15, 0.2) is 5.20 Å². The molecule has 0 aromatic heterocycles. The zero-order chi connectivity index (χ0) is 7.82. The number of carbonyl (C=O) groups excluding carboxylic acids is 1. The van der Waals surface area contributed by atoms with E-state index >= 15 is 0 Å². The second-order valence-electron chi connectivity index (χ2n) is 1.38. The predicted molar refractivity (Wildman–Crippen MR) is 54.8 cm³/mol. The van der Waals surface area contributed by atoms with Gasteiger partial charge in [-0.25, -0.2) is 0 Å². The van der Waals surface area contributed by atoms with Gasteiger partial charge in [0.2, 0.25) is 0 Å². The van der Waals surface area contributed by atoms with Gasteiger partial charge in [0.1, 0.15) is 0 Å². The number of halogens is 2. The number of carbonyl (C=O) groups is 1. The minimum atomic E-state index is 0.562. The highest BCUT2D eigenvalue weighted by Crippen LogP contribution is 1.99. The summed E-state index contributed by atoms with van der Waals surface area (Å²) in [6, 6.07) is 10.2. The zero-order valence-corrected chi connectivity index (χ0v) is 8.87. The fraction of sp³-hybridized carbons (Fsp3) is 0. The minimum Gasteiger partial charge on any atom is -0.290 e. The van der Waals surface area contributed by atoms with Crippen molar-refractivity contribution in [3.05, 3.63) is 33.9 Å². The minimum absolute atomic E-state index is 0.562. The first kappa shape index (κ1) is 10.1. The second-order valence-corrected chi connectivity index (χ2v) is 3.00. The van der Waals surface area contributed by atoms with Crippen LogP contribution in [-0.2, 0) is 4.79 Å². The van der Waals surface area contributed by atoms with E-state index in [1.54, 1.807) is 0 Å². The highest BCUT2D eigenvalue weighted by Gasteiger charge is 1.74. The molecule has 0 bridgehead atoms. The molecule has 0 aliphatic heterocycles. The maximum atomic E-state index is 8.72. The summed E-state index contributed by atoms with van der Waals surface area (Å²) in [4.78, 5) is 8.72. The highest BCUT2D eigenvalue weighted by molar-refractivity contribution is 14.1. The third-order valence-electron chi connectivity index (χ3n) is 0.733. The summed E-state index contributed by atoms with van der Waals surface area (Å²) in [7, 11) is 0. The van der Waals surface area contributed by atoms with E-state index in [1.807, 2.05) is 18.2 Å². The predicted octanol–water partition coefficient (Wildman–Crippen LogP) is 2.86. The lowest BCUT2D eigenvalue weighted by Crippen LogP contribution is -1.61. The van der Waals surface area contributed by atoms with Gasteiger partial charge in [-0.2, -0.15) is 0 Å². The van der Waals surface area contributed by atoms with Gasteiger partial charge in [0.05, 0.1) is 0 Å². The Morgan fingerprint density at radius 2 is 1.70 bits per heavy atom. The maximum absolute atomic E-state index is 8.72. The van der Waals surface area contributed by atoms with Crippen LogP contribution < -0.4 is 0 Å². The molecule has 10 heavy (non-hydrogen) atoms. The molecule has 0 saturated carbocycles. The van der Waals surface area contributed by atoms with E-state index in [9.17, 15) is 0 Å². The summed E-state index contributed by atoms with van der Waals surface area (Å²) < 4.78 is 1.29. The van der Waals surface area contributed by atoms with Crippen molar-refractivity contribution in [1.82, 2.24) is 0 Å². The Labute approximate surface area is 82.1 Å². The van der Waals surface area contributed by atoms with E-state index in [0.29, 0.717) is 5.20 Å². The van der Waals surface area contributed by atoms with Crippen molar-refractivity contribution < 1.29 is 4.79 Å². The van der Waals surface area contributed by atoms with Crippen LogP contribution in [0.25, 0.3) is 0 Å². The van der Waals surface area contributed by atoms with E-state index in [0.717, 1.165) is 0 Å². The van der Waals surface area contributed by atoms with Crippen LogP contribution in [-0.4, -0.2) is 5.20 Å². The van der Waals surface area contributed by atoms with E-state index in [1.165, 1.54) is 3.57 Å². The molecule has 1 nitrogen and oxygen atoms in total. The number of rotatable bonds is 0. The van der Waals surface area contributed by atoms with Crippen LogP contribution in [0.3, 0.4) is 0 Å². The van der Waals surface area contributed by atoms with E-state index in [4.69, 9.17) is 4.79 Å². The molecule has 0 unspecified atom stereocenters. The van der Waals surface area contributed by atoms with E-state index < -0.39 is 0 Å². The third kappa shape index (κ3) is 6.22. The maximum Gasteiger partial charge on any atom is 0.185 e. The molecule has 0 aliphatic carbocycles. The standard InChI is InChI=1S/C6H5I.CHBrO/c7-6-4-2-1-3-5-6;2-1-3/h1-5H;1H. The molecule has 1 aromatic carbocycles. The van der Waals surface area contributed by atoms with Crippen LogP contribution in [0.2, 0.25) is 0 Å². The van der Waals surface area contributed by atoms with E-state index in [-0.39, 0.29) is 0 Å². The monoisotopic (exact) mass is 312 g/mol. The van der Waals surface area contributed by atoms with Crippen molar-refractivity contribution in [3.8, 4) is 0 Å². The lowest BCUT2D eigenvalue weighted by Gasteiger charge is -1.80. The van der Waals surface area contributed by atoms with Gasteiger partial charge in [0.25, 0.3) is 0 Å². The molecule has 0 N–H and O–H groups in total. The van der Waals surface area contributed by atoms with Crippen molar-refractivity contribution in [2.75, 3.05) is 0 Å². The molecule has 0 radical (unpaired) electrons. The lowest BCUT2D eigenvalue weighted by atomic mass is 10.4. The Morgan fingerprint density at radius 3 is 1.90 bits per heavy atom. The molecule has 0 atom stereocenters. The largest absolute Gasteiger partial charge is 0.290 e. The number of hydrogen-bond donors (Lipinski definition) is 0. The van der Waals surface area contributed by atoms with Crippen molar-refractivity contribution in [3.63, 3.8) is 0 Å². The number of benzene rings is 1. The number of hydrogen-bond acceptors (Lipinski definition) is 1. The molecular weight excluding hydrogens is 307 g/mol. The molecule has 54 valence electrons. The van der Waals surface area contributed by atoms with Crippen LogP contribution in [0.1, 0.15) is 0 Å². The van der Waals surface area contributed by atoms with Gasteiger partial charge in [-0.15, -0.1) is 0 Å². The molecule has 0 fully saturated rings. The van der Waals surface area contributed by atoms with Crippen molar-refractivity contribution in [1.29, 1.82) is 0 Å². The van der Waals surface area contributed by atoms with Crippen molar-refractivity contribution in [2.24, 2.45) is 0 Å². The normalized spacial score (nSPS) is 7.40. The van der Waals surface area contributed by atoms with Gasteiger partial charge in [0, 0.05) is 3.57 Å². The first-order chi connectivity index (χ1) is 4.81.